The smallest absolute Gasteiger partial charge is 0.238 e. The van der Waals surface area contributed by atoms with Crippen LogP contribution in [0.1, 0.15) is 0 Å². The highest BCUT2D eigenvalue weighted by atomic mass is 15.2. The van der Waals surface area contributed by atoms with Gasteiger partial charge in [0.2, 0.25) is 5.95 Å². The number of fused-ring (bicyclic) bond motifs is 9. The van der Waals surface area contributed by atoms with Crippen LogP contribution in [0.25, 0.3) is 111 Å². The van der Waals surface area contributed by atoms with E-state index in [1.807, 2.05) is 24.3 Å². The molecule has 0 aliphatic carbocycles. The van der Waals surface area contributed by atoms with Crippen LogP contribution in [0.5, 0.6) is 0 Å². The van der Waals surface area contributed by atoms with Gasteiger partial charge in [-0.2, -0.15) is 9.97 Å². The van der Waals surface area contributed by atoms with Crippen LogP contribution in [0.2, 0.25) is 0 Å². The summed E-state index contributed by atoms with van der Waals surface area (Å²) >= 11 is 0. The number of hydrogen-bond acceptors (Lipinski definition) is 3. The van der Waals surface area contributed by atoms with Crippen molar-refractivity contribution < 1.29 is 0 Å². The molecule has 0 fully saturated rings. The van der Waals surface area contributed by atoms with Crippen molar-refractivity contribution in [1.29, 1.82) is 0 Å². The molecule has 0 aliphatic rings. The Morgan fingerprint density at radius 1 is 0.300 bits per heavy atom. The Bertz CT molecular complexity index is 3570. The average Bonchev–Trinajstić information content (AvgIpc) is 3.86. The first kappa shape index (κ1) is 33.9. The number of hydrogen-bond donors (Lipinski definition) is 0. The Morgan fingerprint density at radius 3 is 1.53 bits per heavy atom. The first-order valence-corrected chi connectivity index (χ1v) is 20.3. The minimum Gasteiger partial charge on any atom is -0.309 e. The van der Waals surface area contributed by atoms with Crippen molar-refractivity contribution in [3.63, 3.8) is 0 Å². The molecule has 0 amide bonds. The van der Waals surface area contributed by atoms with Gasteiger partial charge in [0, 0.05) is 43.7 Å². The van der Waals surface area contributed by atoms with Gasteiger partial charge in [-0.25, -0.2) is 4.98 Å². The summed E-state index contributed by atoms with van der Waals surface area (Å²) in [5, 5.41) is 7.11. The first-order valence-electron chi connectivity index (χ1n) is 20.3. The zero-order valence-corrected chi connectivity index (χ0v) is 32.4. The molecule has 9 aromatic carbocycles. The normalized spacial score (nSPS) is 11.7. The molecule has 3 heterocycles. The highest BCUT2D eigenvalue weighted by Gasteiger charge is 2.23. The van der Waals surface area contributed by atoms with Crippen LogP contribution in [0, 0.1) is 0 Å². The third-order valence-corrected chi connectivity index (χ3v) is 11.8. The lowest BCUT2D eigenvalue weighted by Gasteiger charge is -2.12. The second-order valence-corrected chi connectivity index (χ2v) is 15.2. The number of rotatable bonds is 6. The fourth-order valence-electron chi connectivity index (χ4n) is 9.02. The standard InChI is InChI=1S/C55H35N5/c1-4-15-36(16-5-1)38-27-29-41(30-28-38)54-56-53(40-20-8-3-9-21-40)57-55(58-54)60-47-26-13-12-25-45(47)50-49(60)34-33-48-51(50)46-32-31-39-19-10-11-24-44(39)52(46)59(48)43-23-14-22-42(35-43)37-17-6-2-7-18-37/h1-35H. The SMILES string of the molecule is c1ccc(-c2ccc(-c3nc(-c4ccccc4)nc(-n4c5ccccc5c5c6c7ccc8ccccc8c7n(-c7cccc(-c8ccccc8)c7)c6ccc54)n3)cc2)cc1. The predicted molar refractivity (Wildman–Crippen MR) is 248 cm³/mol. The summed E-state index contributed by atoms with van der Waals surface area (Å²) in [5.41, 5.74) is 12.0. The van der Waals surface area contributed by atoms with Crippen molar-refractivity contribution in [2.75, 3.05) is 0 Å². The van der Waals surface area contributed by atoms with Gasteiger partial charge in [0.05, 0.1) is 22.1 Å². The monoisotopic (exact) mass is 765 g/mol. The van der Waals surface area contributed by atoms with E-state index in [1.165, 1.54) is 43.8 Å². The molecular formula is C55H35N5. The van der Waals surface area contributed by atoms with Crippen LogP contribution in [-0.2, 0) is 0 Å². The highest BCUT2D eigenvalue weighted by molar-refractivity contribution is 6.31. The molecule has 0 aliphatic heterocycles. The van der Waals surface area contributed by atoms with Crippen LogP contribution in [0.15, 0.2) is 212 Å². The van der Waals surface area contributed by atoms with E-state index in [9.17, 15) is 0 Å². The molecular weight excluding hydrogens is 731 g/mol. The summed E-state index contributed by atoms with van der Waals surface area (Å²) < 4.78 is 4.68. The van der Waals surface area contributed by atoms with Gasteiger partial charge in [0.25, 0.3) is 0 Å². The van der Waals surface area contributed by atoms with Crippen molar-refractivity contribution >= 4 is 54.4 Å². The lowest BCUT2D eigenvalue weighted by molar-refractivity contribution is 0.953. The molecule has 0 N–H and O–H groups in total. The fraction of sp³-hybridized carbons (Fsp3) is 0. The van der Waals surface area contributed by atoms with Crippen molar-refractivity contribution in [3.05, 3.63) is 212 Å². The van der Waals surface area contributed by atoms with Gasteiger partial charge in [-0.1, -0.05) is 182 Å². The van der Waals surface area contributed by atoms with Crippen LogP contribution in [0.4, 0.5) is 0 Å². The van der Waals surface area contributed by atoms with E-state index in [0.29, 0.717) is 17.6 Å². The van der Waals surface area contributed by atoms with Gasteiger partial charge >= 0.3 is 0 Å². The zero-order chi connectivity index (χ0) is 39.6. The van der Waals surface area contributed by atoms with E-state index in [-0.39, 0.29) is 0 Å². The Hall–Kier alpha value is -8.15. The number of aromatic nitrogens is 5. The van der Waals surface area contributed by atoms with E-state index < -0.39 is 0 Å². The summed E-state index contributed by atoms with van der Waals surface area (Å²) in [4.78, 5) is 15.6. The second kappa shape index (κ2) is 13.8. The molecule has 0 saturated heterocycles. The lowest BCUT2D eigenvalue weighted by atomic mass is 10.0. The molecule has 280 valence electrons. The highest BCUT2D eigenvalue weighted by Crippen LogP contribution is 2.44. The van der Waals surface area contributed by atoms with Gasteiger partial charge in [-0.05, 0) is 58.0 Å². The van der Waals surface area contributed by atoms with E-state index >= 15 is 0 Å². The zero-order valence-electron chi connectivity index (χ0n) is 32.4. The van der Waals surface area contributed by atoms with Gasteiger partial charge < -0.3 is 4.57 Å². The molecule has 0 unspecified atom stereocenters. The van der Waals surface area contributed by atoms with E-state index in [4.69, 9.17) is 15.0 Å². The maximum Gasteiger partial charge on any atom is 0.238 e. The van der Waals surface area contributed by atoms with Crippen molar-refractivity contribution in [2.45, 2.75) is 0 Å². The second-order valence-electron chi connectivity index (χ2n) is 15.2. The maximum atomic E-state index is 5.28. The fourth-order valence-corrected chi connectivity index (χ4v) is 9.02. The maximum absolute atomic E-state index is 5.28. The summed E-state index contributed by atoms with van der Waals surface area (Å²) in [7, 11) is 0. The average molecular weight is 766 g/mol. The number of nitrogens with zero attached hydrogens (tertiary/aromatic N) is 5. The van der Waals surface area contributed by atoms with E-state index in [1.54, 1.807) is 0 Å². The predicted octanol–water partition coefficient (Wildman–Crippen LogP) is 13.9. The molecule has 12 rings (SSSR count). The molecule has 0 saturated carbocycles. The Kier molecular flexibility index (Phi) is 7.78. The summed E-state index contributed by atoms with van der Waals surface area (Å²) in [6, 6.07) is 75.1. The number of benzene rings is 9. The lowest BCUT2D eigenvalue weighted by Crippen LogP contribution is -2.06. The first-order chi connectivity index (χ1) is 29.8. The molecule has 5 nitrogen and oxygen atoms in total. The van der Waals surface area contributed by atoms with Gasteiger partial charge in [-0.15, -0.1) is 0 Å². The summed E-state index contributed by atoms with van der Waals surface area (Å²) in [6.45, 7) is 0. The van der Waals surface area contributed by atoms with Crippen molar-refractivity contribution in [1.82, 2.24) is 24.1 Å². The minimum absolute atomic E-state index is 0.571. The van der Waals surface area contributed by atoms with Crippen molar-refractivity contribution in [2.24, 2.45) is 0 Å². The molecule has 5 heteroatoms. The molecule has 0 spiro atoms. The molecule has 60 heavy (non-hydrogen) atoms. The van der Waals surface area contributed by atoms with Crippen LogP contribution >= 0.6 is 0 Å². The molecule has 0 radical (unpaired) electrons. The third-order valence-electron chi connectivity index (χ3n) is 11.8. The van der Waals surface area contributed by atoms with Crippen LogP contribution in [0.3, 0.4) is 0 Å². The van der Waals surface area contributed by atoms with Crippen molar-refractivity contribution in [3.8, 4) is 56.7 Å². The van der Waals surface area contributed by atoms with E-state index in [2.05, 4.69) is 197 Å². The van der Waals surface area contributed by atoms with Gasteiger partial charge in [0.1, 0.15) is 0 Å². The third kappa shape index (κ3) is 5.44. The van der Waals surface area contributed by atoms with Gasteiger partial charge in [-0.3, -0.25) is 4.57 Å². The Morgan fingerprint density at radius 2 is 0.817 bits per heavy atom. The molecule has 0 bridgehead atoms. The quantitative estimate of drug-likeness (QED) is 0.169. The Balaban J connectivity index is 1.14. The molecule has 3 aromatic heterocycles. The summed E-state index contributed by atoms with van der Waals surface area (Å²) in [5.74, 6) is 1.81. The summed E-state index contributed by atoms with van der Waals surface area (Å²) in [6.07, 6.45) is 0. The molecule has 12 aromatic rings. The Labute approximate surface area is 346 Å². The van der Waals surface area contributed by atoms with Gasteiger partial charge in [0.15, 0.2) is 11.6 Å². The molecule has 0 atom stereocenters. The van der Waals surface area contributed by atoms with Crippen LogP contribution in [-0.4, -0.2) is 24.1 Å². The van der Waals surface area contributed by atoms with Crippen LogP contribution < -0.4 is 0 Å². The topological polar surface area (TPSA) is 48.5 Å². The van der Waals surface area contributed by atoms with E-state index in [0.717, 1.165) is 49.7 Å². The minimum atomic E-state index is 0.571. The number of para-hydroxylation sites is 1. The largest absolute Gasteiger partial charge is 0.309 e.